The number of furan rings is 1. The Morgan fingerprint density at radius 1 is 1.27 bits per heavy atom. The first-order valence-corrected chi connectivity index (χ1v) is 11.5. The first-order chi connectivity index (χ1) is 15.7. The van der Waals surface area contributed by atoms with Gasteiger partial charge in [-0.1, -0.05) is 60.5 Å². The summed E-state index contributed by atoms with van der Waals surface area (Å²) in [4.78, 5) is 28.8. The third kappa shape index (κ3) is 3.76. The maximum Gasteiger partial charge on any atom is 0.291 e. The summed E-state index contributed by atoms with van der Waals surface area (Å²) in [6.07, 6.45) is 3.37. The van der Waals surface area contributed by atoms with Gasteiger partial charge in [0.15, 0.2) is 5.82 Å². The molecule has 0 aliphatic heterocycles. The molecule has 4 aromatic rings. The van der Waals surface area contributed by atoms with Crippen molar-refractivity contribution in [3.05, 3.63) is 83.6 Å². The van der Waals surface area contributed by atoms with E-state index in [4.69, 9.17) is 27.6 Å². The number of nitro benzene ring substituents is 1. The van der Waals surface area contributed by atoms with Gasteiger partial charge in [-0.25, -0.2) is 4.98 Å². The Morgan fingerprint density at radius 3 is 2.73 bits per heavy atom. The molecule has 1 aromatic carbocycles. The van der Waals surface area contributed by atoms with E-state index in [1.54, 1.807) is 42.5 Å². The molecule has 0 radical (unpaired) electrons. The molecule has 1 aliphatic carbocycles. The molecule has 2 atom stereocenters. The van der Waals surface area contributed by atoms with Crippen molar-refractivity contribution in [3.8, 4) is 11.3 Å². The van der Waals surface area contributed by atoms with Gasteiger partial charge < -0.3 is 4.42 Å². The zero-order valence-electron chi connectivity index (χ0n) is 17.4. The van der Waals surface area contributed by atoms with Crippen molar-refractivity contribution >= 4 is 51.3 Å². The Bertz CT molecular complexity index is 1550. The summed E-state index contributed by atoms with van der Waals surface area (Å²) >= 11 is 12.8. The van der Waals surface area contributed by atoms with Crippen LogP contribution in [0.2, 0.25) is 0 Å². The van der Waals surface area contributed by atoms with Gasteiger partial charge in [0.1, 0.15) is 20.5 Å². The summed E-state index contributed by atoms with van der Waals surface area (Å²) in [5.74, 6) is 1.45. The van der Waals surface area contributed by atoms with Crippen molar-refractivity contribution in [2.24, 2.45) is 11.3 Å². The van der Waals surface area contributed by atoms with Crippen LogP contribution >= 0.6 is 34.5 Å². The Labute approximate surface area is 200 Å². The standard InChI is InChI=1S/C22H16Cl2N4O4S/c1-22(2)13(10-17(23)24)18(22)19-25-21-27(26-19)20(29)16(33-21)9-11-7-8-15(32-11)12-5-3-4-6-14(12)28(30)31/h3-10,13,18H,1-2H3/b16-9+. The number of hydrogen-bond donors (Lipinski definition) is 0. The van der Waals surface area contributed by atoms with Crippen LogP contribution in [0.3, 0.4) is 0 Å². The smallest absolute Gasteiger partial charge is 0.291 e. The van der Waals surface area contributed by atoms with E-state index in [0.29, 0.717) is 32.4 Å². The number of fused-ring (bicyclic) bond motifs is 1. The third-order valence-corrected chi connectivity index (χ3v) is 7.17. The molecule has 2 unspecified atom stereocenters. The normalized spacial score (nSPS) is 19.7. The number of rotatable bonds is 5. The summed E-state index contributed by atoms with van der Waals surface area (Å²) < 4.78 is 7.66. The lowest BCUT2D eigenvalue weighted by molar-refractivity contribution is -0.384. The zero-order chi connectivity index (χ0) is 23.5. The van der Waals surface area contributed by atoms with E-state index in [9.17, 15) is 14.9 Å². The molecule has 0 N–H and O–H groups in total. The van der Waals surface area contributed by atoms with Crippen LogP contribution in [0.1, 0.15) is 31.4 Å². The van der Waals surface area contributed by atoms with E-state index in [1.165, 1.54) is 21.9 Å². The molecule has 1 fully saturated rings. The molecule has 3 heterocycles. The summed E-state index contributed by atoms with van der Waals surface area (Å²) in [7, 11) is 0. The number of halogens is 2. The van der Waals surface area contributed by atoms with E-state index in [0.717, 1.165) is 0 Å². The van der Waals surface area contributed by atoms with Gasteiger partial charge in [0.05, 0.1) is 10.5 Å². The highest BCUT2D eigenvalue weighted by atomic mass is 35.5. The molecule has 0 saturated heterocycles. The number of allylic oxidation sites excluding steroid dienone is 1. The third-order valence-electron chi connectivity index (χ3n) is 5.96. The predicted octanol–water partition coefficient (Wildman–Crippen LogP) is 4.93. The van der Waals surface area contributed by atoms with Gasteiger partial charge in [0.25, 0.3) is 11.2 Å². The fourth-order valence-corrected chi connectivity index (χ4v) is 5.31. The average molecular weight is 503 g/mol. The van der Waals surface area contributed by atoms with Crippen LogP contribution in [0.5, 0.6) is 0 Å². The molecule has 11 heteroatoms. The average Bonchev–Trinajstić information content (AvgIpc) is 3.21. The van der Waals surface area contributed by atoms with Crippen LogP contribution < -0.4 is 10.1 Å². The van der Waals surface area contributed by atoms with E-state index in [2.05, 4.69) is 23.9 Å². The lowest BCUT2D eigenvalue weighted by atomic mass is 10.1. The maximum absolute atomic E-state index is 12.9. The van der Waals surface area contributed by atoms with Gasteiger partial charge in [-0.15, -0.1) is 5.10 Å². The van der Waals surface area contributed by atoms with Gasteiger partial charge in [-0.3, -0.25) is 14.9 Å². The van der Waals surface area contributed by atoms with E-state index in [-0.39, 0.29) is 33.0 Å². The molecule has 168 valence electrons. The minimum atomic E-state index is -0.461. The molecule has 1 aliphatic rings. The minimum absolute atomic E-state index is 0.0261. The van der Waals surface area contributed by atoms with Crippen molar-refractivity contribution in [1.82, 2.24) is 14.6 Å². The quantitative estimate of drug-likeness (QED) is 0.283. The Hall–Kier alpha value is -3.01. The highest BCUT2D eigenvalue weighted by Gasteiger charge is 2.59. The predicted molar refractivity (Wildman–Crippen MR) is 127 cm³/mol. The minimum Gasteiger partial charge on any atom is -0.456 e. The van der Waals surface area contributed by atoms with Gasteiger partial charge >= 0.3 is 0 Å². The number of nitrogens with zero attached hydrogens (tertiary/aromatic N) is 4. The van der Waals surface area contributed by atoms with E-state index >= 15 is 0 Å². The summed E-state index contributed by atoms with van der Waals surface area (Å²) in [5.41, 5.74) is -0.0991. The fraction of sp³-hybridized carbons (Fsp3) is 0.227. The molecule has 1 saturated carbocycles. The number of aromatic nitrogens is 3. The van der Waals surface area contributed by atoms with Crippen LogP contribution in [0.4, 0.5) is 5.69 Å². The highest BCUT2D eigenvalue weighted by molar-refractivity contribution is 7.15. The summed E-state index contributed by atoms with van der Waals surface area (Å²) in [6.45, 7) is 4.15. The van der Waals surface area contributed by atoms with E-state index in [1.807, 2.05) is 0 Å². The number of hydrogen-bond acceptors (Lipinski definition) is 7. The first kappa shape index (κ1) is 21.8. The van der Waals surface area contributed by atoms with Gasteiger partial charge in [-0.05, 0) is 35.6 Å². The number of para-hydroxylation sites is 1. The largest absolute Gasteiger partial charge is 0.456 e. The molecule has 8 nitrogen and oxygen atoms in total. The summed E-state index contributed by atoms with van der Waals surface area (Å²) in [5, 5.41) is 15.7. The van der Waals surface area contributed by atoms with Gasteiger partial charge in [-0.2, -0.15) is 4.52 Å². The molecule has 5 rings (SSSR count). The van der Waals surface area contributed by atoms with Crippen molar-refractivity contribution in [1.29, 1.82) is 0 Å². The van der Waals surface area contributed by atoms with Crippen LogP contribution in [-0.4, -0.2) is 19.5 Å². The van der Waals surface area contributed by atoms with Gasteiger partial charge in [0, 0.05) is 18.1 Å². The highest BCUT2D eigenvalue weighted by Crippen LogP contribution is 2.64. The topological polar surface area (TPSA) is 104 Å². The van der Waals surface area contributed by atoms with Crippen molar-refractivity contribution in [2.45, 2.75) is 19.8 Å². The Morgan fingerprint density at radius 2 is 2.03 bits per heavy atom. The first-order valence-electron chi connectivity index (χ1n) is 9.94. The fourth-order valence-electron chi connectivity index (χ4n) is 4.14. The summed E-state index contributed by atoms with van der Waals surface area (Å²) in [6, 6.07) is 9.62. The Balaban J connectivity index is 1.48. The lowest BCUT2D eigenvalue weighted by Gasteiger charge is -1.98. The van der Waals surface area contributed by atoms with E-state index < -0.39 is 4.92 Å². The molecule has 0 amide bonds. The molecular formula is C22H16Cl2N4O4S. The number of nitro groups is 1. The van der Waals surface area contributed by atoms with Crippen molar-refractivity contribution in [3.63, 3.8) is 0 Å². The second-order valence-corrected chi connectivity index (χ2v) is 10.4. The number of benzene rings is 1. The Kier molecular flexibility index (Phi) is 5.15. The second kappa shape index (κ2) is 7.79. The van der Waals surface area contributed by atoms with Crippen LogP contribution in [-0.2, 0) is 0 Å². The molecule has 0 bridgehead atoms. The van der Waals surface area contributed by atoms with Crippen LogP contribution in [0.15, 0.2) is 56.2 Å². The SMILES string of the molecule is CC1(C)C(C=C(Cl)Cl)C1c1nc2s/c(=C/c3ccc(-c4ccccc4[N+](=O)[O-])o3)c(=O)n2n1. The van der Waals surface area contributed by atoms with Gasteiger partial charge in [0.2, 0.25) is 4.96 Å². The monoisotopic (exact) mass is 502 g/mol. The van der Waals surface area contributed by atoms with Crippen molar-refractivity contribution < 1.29 is 9.34 Å². The van der Waals surface area contributed by atoms with Crippen molar-refractivity contribution in [2.75, 3.05) is 0 Å². The molecule has 3 aromatic heterocycles. The molecule has 33 heavy (non-hydrogen) atoms. The van der Waals surface area contributed by atoms with Crippen LogP contribution in [0.25, 0.3) is 22.4 Å². The zero-order valence-corrected chi connectivity index (χ0v) is 19.7. The second-order valence-electron chi connectivity index (χ2n) is 8.34. The molecular weight excluding hydrogens is 487 g/mol. The molecule has 0 spiro atoms. The number of thiazole rings is 1. The van der Waals surface area contributed by atoms with Crippen LogP contribution in [0, 0.1) is 21.4 Å². The maximum atomic E-state index is 12.9. The lowest BCUT2D eigenvalue weighted by Crippen LogP contribution is -2.23.